The molecular formula is C18H20O3. The van der Waals surface area contributed by atoms with Gasteiger partial charge in [0.2, 0.25) is 0 Å². The van der Waals surface area contributed by atoms with Gasteiger partial charge in [-0.2, -0.15) is 0 Å². The normalized spacial score (nSPS) is 13.4. The molecule has 0 aliphatic heterocycles. The quantitative estimate of drug-likeness (QED) is 0.880. The predicted molar refractivity (Wildman–Crippen MR) is 82.7 cm³/mol. The number of carbonyl (C=O) groups is 1. The van der Waals surface area contributed by atoms with E-state index >= 15 is 0 Å². The molecule has 0 saturated heterocycles. The average molecular weight is 284 g/mol. The Kier molecular flexibility index (Phi) is 4.63. The first-order chi connectivity index (χ1) is 10.1. The highest BCUT2D eigenvalue weighted by Crippen LogP contribution is 2.29. The molecule has 1 N–H and O–H groups in total. The third-order valence-electron chi connectivity index (χ3n) is 3.67. The lowest BCUT2D eigenvalue weighted by atomic mass is 9.77. The highest BCUT2D eigenvalue weighted by Gasteiger charge is 2.35. The van der Waals surface area contributed by atoms with Crippen LogP contribution in [0.1, 0.15) is 25.0 Å². The maximum atomic E-state index is 11.8. The Balaban J connectivity index is 2.26. The minimum Gasteiger partial charge on any atom is -0.494 e. The van der Waals surface area contributed by atoms with E-state index in [0.29, 0.717) is 13.0 Å². The van der Waals surface area contributed by atoms with Crippen LogP contribution in [0, 0.1) is 0 Å². The number of ether oxygens (including phenoxy) is 1. The highest BCUT2D eigenvalue weighted by atomic mass is 16.5. The molecule has 0 aliphatic carbocycles. The van der Waals surface area contributed by atoms with Crippen LogP contribution in [0.25, 0.3) is 0 Å². The number of carboxylic acid groups (broad SMARTS) is 1. The SMILES string of the molecule is CCOc1ccc(CC(C)(C(=O)O)c2ccccc2)cc1. The van der Waals surface area contributed by atoms with Crippen molar-refractivity contribution in [3.63, 3.8) is 0 Å². The number of hydrogen-bond donors (Lipinski definition) is 1. The van der Waals surface area contributed by atoms with Crippen LogP contribution in [0.4, 0.5) is 0 Å². The molecule has 3 heteroatoms. The Labute approximate surface area is 125 Å². The summed E-state index contributed by atoms with van der Waals surface area (Å²) in [5.74, 6) is -0.0134. The molecule has 110 valence electrons. The van der Waals surface area contributed by atoms with Gasteiger partial charge in [-0.25, -0.2) is 0 Å². The van der Waals surface area contributed by atoms with Crippen molar-refractivity contribution < 1.29 is 14.6 Å². The number of carboxylic acids is 1. The first-order valence-corrected chi connectivity index (χ1v) is 7.07. The molecule has 0 radical (unpaired) electrons. The zero-order chi connectivity index (χ0) is 15.3. The van der Waals surface area contributed by atoms with E-state index in [2.05, 4.69) is 0 Å². The van der Waals surface area contributed by atoms with E-state index < -0.39 is 11.4 Å². The van der Waals surface area contributed by atoms with Crippen molar-refractivity contribution in [1.82, 2.24) is 0 Å². The van der Waals surface area contributed by atoms with E-state index in [0.717, 1.165) is 16.9 Å². The van der Waals surface area contributed by atoms with Crippen molar-refractivity contribution in [2.75, 3.05) is 6.61 Å². The van der Waals surface area contributed by atoms with Gasteiger partial charge in [-0.1, -0.05) is 42.5 Å². The first-order valence-electron chi connectivity index (χ1n) is 7.07. The minimum absolute atomic E-state index is 0.443. The van der Waals surface area contributed by atoms with Gasteiger partial charge in [0.15, 0.2) is 0 Å². The van der Waals surface area contributed by atoms with Gasteiger partial charge in [0.25, 0.3) is 0 Å². The average Bonchev–Trinajstić information content (AvgIpc) is 2.50. The monoisotopic (exact) mass is 284 g/mol. The molecule has 3 nitrogen and oxygen atoms in total. The first kappa shape index (κ1) is 15.1. The summed E-state index contributed by atoms with van der Waals surface area (Å²) in [5.41, 5.74) is 0.854. The van der Waals surface area contributed by atoms with Crippen LogP contribution >= 0.6 is 0 Å². The number of rotatable bonds is 6. The Hall–Kier alpha value is -2.29. The topological polar surface area (TPSA) is 46.5 Å². The second kappa shape index (κ2) is 6.44. The second-order valence-electron chi connectivity index (χ2n) is 5.26. The van der Waals surface area contributed by atoms with Crippen molar-refractivity contribution in [1.29, 1.82) is 0 Å². The zero-order valence-corrected chi connectivity index (χ0v) is 12.4. The molecule has 0 amide bonds. The van der Waals surface area contributed by atoms with Gasteiger partial charge in [-0.05, 0) is 43.5 Å². The summed E-state index contributed by atoms with van der Waals surface area (Å²) in [6.45, 7) is 4.32. The Bertz CT molecular complexity index is 590. The molecular weight excluding hydrogens is 264 g/mol. The summed E-state index contributed by atoms with van der Waals surface area (Å²) in [7, 11) is 0. The largest absolute Gasteiger partial charge is 0.494 e. The van der Waals surface area contributed by atoms with Crippen molar-refractivity contribution in [3.05, 3.63) is 65.7 Å². The van der Waals surface area contributed by atoms with Gasteiger partial charge in [-0.15, -0.1) is 0 Å². The third kappa shape index (κ3) is 3.43. The fourth-order valence-electron chi connectivity index (χ4n) is 2.39. The molecule has 2 rings (SSSR count). The molecule has 0 heterocycles. The standard InChI is InChI=1S/C18H20O3/c1-3-21-16-11-9-14(10-12-16)13-18(2,17(19)20)15-7-5-4-6-8-15/h4-12H,3,13H2,1-2H3,(H,19,20). The summed E-state index contributed by atoms with van der Waals surface area (Å²) in [4.78, 5) is 11.8. The second-order valence-corrected chi connectivity index (χ2v) is 5.26. The van der Waals surface area contributed by atoms with Crippen LogP contribution in [0.15, 0.2) is 54.6 Å². The number of aliphatic carboxylic acids is 1. The van der Waals surface area contributed by atoms with Gasteiger partial charge in [-0.3, -0.25) is 4.79 Å². The van der Waals surface area contributed by atoms with Crippen LogP contribution in [0.2, 0.25) is 0 Å². The number of hydrogen-bond acceptors (Lipinski definition) is 2. The number of benzene rings is 2. The molecule has 0 fully saturated rings. The third-order valence-corrected chi connectivity index (χ3v) is 3.67. The maximum Gasteiger partial charge on any atom is 0.314 e. The smallest absolute Gasteiger partial charge is 0.314 e. The lowest BCUT2D eigenvalue weighted by molar-refractivity contribution is -0.143. The lowest BCUT2D eigenvalue weighted by Crippen LogP contribution is -2.34. The van der Waals surface area contributed by atoms with Crippen molar-refractivity contribution in [2.45, 2.75) is 25.7 Å². The van der Waals surface area contributed by atoms with E-state index in [1.54, 1.807) is 6.92 Å². The molecule has 21 heavy (non-hydrogen) atoms. The molecule has 0 aliphatic rings. The molecule has 2 aromatic carbocycles. The van der Waals surface area contributed by atoms with Crippen LogP contribution in [-0.2, 0) is 16.6 Å². The molecule has 0 saturated carbocycles. The van der Waals surface area contributed by atoms with Gasteiger partial charge < -0.3 is 9.84 Å². The van der Waals surface area contributed by atoms with Crippen molar-refractivity contribution >= 4 is 5.97 Å². The summed E-state index contributed by atoms with van der Waals surface area (Å²) < 4.78 is 5.41. The Morgan fingerprint density at radius 2 is 1.71 bits per heavy atom. The van der Waals surface area contributed by atoms with Gasteiger partial charge in [0.05, 0.1) is 12.0 Å². The van der Waals surface area contributed by atoms with E-state index in [9.17, 15) is 9.90 Å². The fourth-order valence-corrected chi connectivity index (χ4v) is 2.39. The van der Waals surface area contributed by atoms with Crippen LogP contribution in [0.3, 0.4) is 0 Å². The zero-order valence-electron chi connectivity index (χ0n) is 12.4. The van der Waals surface area contributed by atoms with E-state index in [1.165, 1.54) is 0 Å². The van der Waals surface area contributed by atoms with Crippen LogP contribution in [0.5, 0.6) is 5.75 Å². The lowest BCUT2D eigenvalue weighted by Gasteiger charge is -2.25. The summed E-state index contributed by atoms with van der Waals surface area (Å²) in [6, 6.07) is 17.0. The molecule has 0 spiro atoms. The van der Waals surface area contributed by atoms with E-state index in [1.807, 2.05) is 61.5 Å². The van der Waals surface area contributed by atoms with Crippen LogP contribution < -0.4 is 4.74 Å². The van der Waals surface area contributed by atoms with E-state index in [-0.39, 0.29) is 0 Å². The highest BCUT2D eigenvalue weighted by molar-refractivity contribution is 5.81. The fraction of sp³-hybridized carbons (Fsp3) is 0.278. The van der Waals surface area contributed by atoms with Gasteiger partial charge in [0, 0.05) is 0 Å². The van der Waals surface area contributed by atoms with Gasteiger partial charge >= 0.3 is 5.97 Å². The maximum absolute atomic E-state index is 11.8. The molecule has 1 atom stereocenters. The minimum atomic E-state index is -0.936. The molecule has 2 aromatic rings. The summed E-state index contributed by atoms with van der Waals surface area (Å²) >= 11 is 0. The summed E-state index contributed by atoms with van der Waals surface area (Å²) in [5, 5.41) is 9.66. The summed E-state index contributed by atoms with van der Waals surface area (Å²) in [6.07, 6.45) is 0.443. The Morgan fingerprint density at radius 1 is 1.10 bits per heavy atom. The molecule has 1 unspecified atom stereocenters. The molecule has 0 aromatic heterocycles. The molecule has 0 bridgehead atoms. The van der Waals surface area contributed by atoms with Crippen LogP contribution in [-0.4, -0.2) is 17.7 Å². The van der Waals surface area contributed by atoms with Crippen molar-refractivity contribution in [3.8, 4) is 5.75 Å². The Morgan fingerprint density at radius 3 is 2.24 bits per heavy atom. The predicted octanol–water partition coefficient (Wildman–Crippen LogP) is 3.67. The van der Waals surface area contributed by atoms with Crippen molar-refractivity contribution in [2.24, 2.45) is 0 Å². The van der Waals surface area contributed by atoms with Gasteiger partial charge in [0.1, 0.15) is 5.75 Å². The van der Waals surface area contributed by atoms with E-state index in [4.69, 9.17) is 4.74 Å².